The van der Waals surface area contributed by atoms with Crippen molar-refractivity contribution < 1.29 is 0 Å². The van der Waals surface area contributed by atoms with Gasteiger partial charge in [-0.15, -0.1) is 0 Å². The van der Waals surface area contributed by atoms with Gasteiger partial charge in [-0.05, 0) is 6.26 Å². The molecule has 3 heterocycles. The third-order valence-electron chi connectivity index (χ3n) is 2.38. The van der Waals surface area contributed by atoms with Gasteiger partial charge in [-0.25, -0.2) is 20.0 Å². The lowest BCUT2D eigenvalue weighted by atomic mass is 10.3. The summed E-state index contributed by atoms with van der Waals surface area (Å²) in [6, 6.07) is 1.37. The van der Waals surface area contributed by atoms with Crippen molar-refractivity contribution in [2.45, 2.75) is 16.2 Å². The number of amidine groups is 1. The fourth-order valence-corrected chi connectivity index (χ4v) is 3.25. The highest BCUT2D eigenvalue weighted by Crippen LogP contribution is 2.27. The zero-order valence-electron chi connectivity index (χ0n) is 10.2. The summed E-state index contributed by atoms with van der Waals surface area (Å²) in [5.41, 5.74) is 5.67. The molecule has 1 unspecified atom stereocenters. The van der Waals surface area contributed by atoms with Crippen LogP contribution in [0.5, 0.6) is 0 Å². The van der Waals surface area contributed by atoms with Crippen molar-refractivity contribution in [3.05, 3.63) is 11.2 Å². The van der Waals surface area contributed by atoms with Gasteiger partial charge >= 0.3 is 0 Å². The van der Waals surface area contributed by atoms with Gasteiger partial charge in [0, 0.05) is 6.07 Å². The van der Waals surface area contributed by atoms with Gasteiger partial charge in [-0.2, -0.15) is 4.99 Å². The molecule has 10 heteroatoms. The number of nitrogens with zero attached hydrogens (tertiary/aromatic N) is 6. The van der Waals surface area contributed by atoms with Crippen LogP contribution in [0.1, 0.15) is 0 Å². The van der Waals surface area contributed by atoms with Crippen LogP contribution in [0.15, 0.2) is 36.2 Å². The maximum atomic E-state index is 5.97. The Morgan fingerprint density at radius 1 is 1.30 bits per heavy atom. The van der Waals surface area contributed by atoms with Crippen LogP contribution in [0.3, 0.4) is 0 Å². The molecule has 0 bridgehead atoms. The smallest absolute Gasteiger partial charge is 0.222 e. The maximum Gasteiger partial charge on any atom is 0.222 e. The van der Waals surface area contributed by atoms with E-state index in [0.29, 0.717) is 26.2 Å². The minimum Gasteiger partial charge on any atom is -0.368 e. The van der Waals surface area contributed by atoms with Crippen molar-refractivity contribution in [1.82, 2.24) is 9.97 Å². The predicted octanol–water partition coefficient (Wildman–Crippen LogP) is 1.48. The molecule has 0 aliphatic carbocycles. The first-order valence-corrected chi connectivity index (χ1v) is 7.86. The first kappa shape index (κ1) is 13.5. The Hall–Kier alpha value is -1.45. The molecule has 1 aromatic heterocycles. The van der Waals surface area contributed by atoms with Crippen LogP contribution < -0.4 is 5.73 Å². The van der Waals surface area contributed by atoms with Gasteiger partial charge in [0.05, 0.1) is 0 Å². The summed E-state index contributed by atoms with van der Waals surface area (Å²) in [6.07, 6.45) is 3.34. The first-order valence-electron chi connectivity index (χ1n) is 5.44. The van der Waals surface area contributed by atoms with Gasteiger partial charge in [0.2, 0.25) is 5.96 Å². The Labute approximate surface area is 128 Å². The second-order valence-electron chi connectivity index (χ2n) is 3.69. The summed E-state index contributed by atoms with van der Waals surface area (Å²) >= 11 is 8.72. The van der Waals surface area contributed by atoms with E-state index < -0.39 is 0 Å². The van der Waals surface area contributed by atoms with E-state index in [4.69, 9.17) is 17.3 Å². The Bertz CT molecular complexity index is 682. The fraction of sp³-hybridized carbons (Fsp3) is 0.200. The average Bonchev–Trinajstić information content (AvgIpc) is 2.86. The molecule has 0 spiro atoms. The van der Waals surface area contributed by atoms with Crippen LogP contribution in [-0.4, -0.2) is 45.4 Å². The lowest BCUT2D eigenvalue weighted by Gasteiger charge is -2.15. The number of halogens is 1. The minimum atomic E-state index is -0.307. The molecule has 0 aromatic carbocycles. The Morgan fingerprint density at radius 3 is 2.95 bits per heavy atom. The lowest BCUT2D eigenvalue weighted by Crippen LogP contribution is -2.31. The minimum absolute atomic E-state index is 0.165. The van der Waals surface area contributed by atoms with E-state index in [2.05, 4.69) is 29.9 Å². The van der Waals surface area contributed by atoms with Crippen molar-refractivity contribution in [2.75, 3.05) is 6.26 Å². The van der Waals surface area contributed by atoms with E-state index in [9.17, 15) is 0 Å². The van der Waals surface area contributed by atoms with Gasteiger partial charge < -0.3 is 5.73 Å². The summed E-state index contributed by atoms with van der Waals surface area (Å²) in [5, 5.41) is 2.34. The van der Waals surface area contributed by atoms with Crippen LogP contribution >= 0.6 is 35.1 Å². The molecule has 3 rings (SSSR count). The fourth-order valence-electron chi connectivity index (χ4n) is 1.58. The average molecular weight is 326 g/mol. The number of thioether (sulfide) groups is 2. The number of fused-ring (bicyclic) bond motifs is 1. The Kier molecular flexibility index (Phi) is 3.72. The third kappa shape index (κ3) is 2.69. The Morgan fingerprint density at radius 2 is 2.15 bits per heavy atom. The van der Waals surface area contributed by atoms with E-state index in [1.807, 2.05) is 6.26 Å². The molecule has 0 amide bonds. The first-order chi connectivity index (χ1) is 9.65. The molecular formula is C10H8ClN7S2. The molecule has 2 aliphatic heterocycles. The van der Waals surface area contributed by atoms with Gasteiger partial charge in [0.15, 0.2) is 17.0 Å². The quantitative estimate of drug-likeness (QED) is 0.504. The van der Waals surface area contributed by atoms with Gasteiger partial charge in [-0.3, -0.25) is 4.99 Å². The molecule has 2 N–H and O–H groups in total. The number of guanidine groups is 1. The molecular weight excluding hydrogens is 318 g/mol. The van der Waals surface area contributed by atoms with E-state index in [-0.39, 0.29) is 12.0 Å². The predicted molar refractivity (Wildman–Crippen MR) is 83.5 cm³/mol. The third-order valence-corrected chi connectivity index (χ3v) is 4.06. The largest absolute Gasteiger partial charge is 0.368 e. The number of hydrogen-bond acceptors (Lipinski definition) is 9. The van der Waals surface area contributed by atoms with Crippen LogP contribution in [0.25, 0.3) is 0 Å². The van der Waals surface area contributed by atoms with Gasteiger partial charge in [0.1, 0.15) is 21.6 Å². The number of aromatic nitrogens is 2. The van der Waals surface area contributed by atoms with Crippen molar-refractivity contribution in [3.63, 3.8) is 0 Å². The normalized spacial score (nSPS) is 20.3. The van der Waals surface area contributed by atoms with Crippen LogP contribution in [0.4, 0.5) is 0 Å². The Balaban J connectivity index is 1.91. The summed E-state index contributed by atoms with van der Waals surface area (Å²) in [4.78, 5) is 25.0. The lowest BCUT2D eigenvalue weighted by molar-refractivity contribution is 0.896. The highest BCUT2D eigenvalue weighted by molar-refractivity contribution is 8.14. The molecule has 102 valence electrons. The maximum absolute atomic E-state index is 5.97. The molecule has 0 saturated carbocycles. The monoisotopic (exact) mass is 325 g/mol. The van der Waals surface area contributed by atoms with Crippen molar-refractivity contribution in [3.8, 4) is 0 Å². The second kappa shape index (κ2) is 5.51. The molecule has 20 heavy (non-hydrogen) atoms. The molecule has 2 aliphatic rings. The van der Waals surface area contributed by atoms with Crippen LogP contribution in [0.2, 0.25) is 5.15 Å². The number of rotatable bonds is 2. The molecule has 0 radical (unpaired) electrons. The standard InChI is InChI=1S/C10H8ClN7S2/c1-19-10-15-4(11)2-5(16-10)20-8-6-7(14-3-13-6)17-9(12)18-8/h2-3,6H,1H3,(H2,12,13,14,17). The van der Waals surface area contributed by atoms with E-state index in [1.165, 1.54) is 29.9 Å². The number of aliphatic imine (C=N–C) groups is 4. The van der Waals surface area contributed by atoms with Crippen molar-refractivity contribution >= 4 is 58.3 Å². The van der Waals surface area contributed by atoms with Gasteiger partial charge in [0.25, 0.3) is 0 Å². The zero-order chi connectivity index (χ0) is 14.1. The SMILES string of the molecule is CSc1nc(Cl)cc(SC2=NC(N)=NC3=NC=NC32)n1. The van der Waals surface area contributed by atoms with Crippen molar-refractivity contribution in [2.24, 2.45) is 25.7 Å². The summed E-state index contributed by atoms with van der Waals surface area (Å²) < 4.78 is 0. The summed E-state index contributed by atoms with van der Waals surface area (Å²) in [5.74, 6) is 0.712. The number of hydrogen-bond donors (Lipinski definition) is 1. The highest BCUT2D eigenvalue weighted by Gasteiger charge is 2.29. The summed E-state index contributed by atoms with van der Waals surface area (Å²) in [6.45, 7) is 0. The van der Waals surface area contributed by atoms with Crippen LogP contribution in [-0.2, 0) is 0 Å². The molecule has 0 fully saturated rings. The molecule has 0 saturated heterocycles. The zero-order valence-corrected chi connectivity index (χ0v) is 12.6. The molecule has 1 atom stereocenters. The highest BCUT2D eigenvalue weighted by atomic mass is 35.5. The molecule has 1 aromatic rings. The second-order valence-corrected chi connectivity index (χ2v) is 5.89. The molecule has 7 nitrogen and oxygen atoms in total. The van der Waals surface area contributed by atoms with E-state index >= 15 is 0 Å². The summed E-state index contributed by atoms with van der Waals surface area (Å²) in [7, 11) is 0. The van der Waals surface area contributed by atoms with Gasteiger partial charge in [-0.1, -0.05) is 35.1 Å². The topological polar surface area (TPSA) is 101 Å². The van der Waals surface area contributed by atoms with E-state index in [0.717, 1.165) is 0 Å². The van der Waals surface area contributed by atoms with E-state index in [1.54, 1.807) is 6.07 Å². The van der Waals surface area contributed by atoms with Crippen LogP contribution in [0, 0.1) is 0 Å². The van der Waals surface area contributed by atoms with Crippen molar-refractivity contribution in [1.29, 1.82) is 0 Å². The number of nitrogens with two attached hydrogens (primary N) is 1.